The van der Waals surface area contributed by atoms with Gasteiger partial charge in [-0.3, -0.25) is 0 Å². The molecule has 1 unspecified atom stereocenters. The van der Waals surface area contributed by atoms with E-state index in [9.17, 15) is 0 Å². The van der Waals surface area contributed by atoms with Gasteiger partial charge in [-0.2, -0.15) is 0 Å². The van der Waals surface area contributed by atoms with Crippen LogP contribution in [0.15, 0.2) is 48.5 Å². The van der Waals surface area contributed by atoms with Gasteiger partial charge in [-0.25, -0.2) is 0 Å². The van der Waals surface area contributed by atoms with E-state index in [-0.39, 0.29) is 6.04 Å². The zero-order valence-corrected chi connectivity index (χ0v) is 13.5. The third kappa shape index (κ3) is 4.23. The van der Waals surface area contributed by atoms with Crippen molar-refractivity contribution in [3.63, 3.8) is 0 Å². The van der Waals surface area contributed by atoms with E-state index < -0.39 is 0 Å². The molecule has 0 radical (unpaired) electrons. The smallest absolute Gasteiger partial charge is 0.118 e. The molecule has 0 saturated carbocycles. The lowest BCUT2D eigenvalue weighted by atomic mass is 10.0. The standard InChI is InChI=1S/C18H22ClNO/c1-4-18(15-7-11-17(21-3)12-8-15)20-13(2)14-5-9-16(19)10-6-14/h5-13,18,20H,4H2,1-3H3/t13-,18?/m0/s1. The number of hydrogen-bond acceptors (Lipinski definition) is 2. The van der Waals surface area contributed by atoms with Crippen molar-refractivity contribution in [2.75, 3.05) is 7.11 Å². The number of ether oxygens (including phenoxy) is 1. The van der Waals surface area contributed by atoms with Gasteiger partial charge in [0.25, 0.3) is 0 Å². The van der Waals surface area contributed by atoms with E-state index in [2.05, 4.69) is 43.4 Å². The lowest BCUT2D eigenvalue weighted by Crippen LogP contribution is -2.24. The molecule has 0 aromatic heterocycles. The zero-order chi connectivity index (χ0) is 15.2. The Morgan fingerprint density at radius 2 is 1.57 bits per heavy atom. The van der Waals surface area contributed by atoms with E-state index in [4.69, 9.17) is 16.3 Å². The molecular formula is C18H22ClNO. The van der Waals surface area contributed by atoms with Crippen LogP contribution in [0.1, 0.15) is 43.5 Å². The minimum atomic E-state index is 0.273. The summed E-state index contributed by atoms with van der Waals surface area (Å²) in [4.78, 5) is 0. The van der Waals surface area contributed by atoms with Gasteiger partial charge >= 0.3 is 0 Å². The number of methoxy groups -OCH3 is 1. The fourth-order valence-corrected chi connectivity index (χ4v) is 2.56. The quantitative estimate of drug-likeness (QED) is 0.796. The van der Waals surface area contributed by atoms with Crippen LogP contribution < -0.4 is 10.1 Å². The summed E-state index contributed by atoms with van der Waals surface area (Å²) in [5, 5.41) is 4.44. The Balaban J connectivity index is 2.08. The minimum absolute atomic E-state index is 0.273. The maximum absolute atomic E-state index is 5.94. The predicted octanol–water partition coefficient (Wildman–Crippen LogP) is 5.15. The maximum atomic E-state index is 5.94. The summed E-state index contributed by atoms with van der Waals surface area (Å²) < 4.78 is 5.21. The van der Waals surface area contributed by atoms with E-state index in [0.717, 1.165) is 17.2 Å². The molecule has 2 atom stereocenters. The van der Waals surface area contributed by atoms with Crippen molar-refractivity contribution in [1.82, 2.24) is 5.32 Å². The predicted molar refractivity (Wildman–Crippen MR) is 89.0 cm³/mol. The molecule has 0 aliphatic heterocycles. The fourth-order valence-electron chi connectivity index (χ4n) is 2.44. The van der Waals surface area contributed by atoms with Gasteiger partial charge in [0.2, 0.25) is 0 Å². The van der Waals surface area contributed by atoms with Crippen LogP contribution in [-0.2, 0) is 0 Å². The summed E-state index contributed by atoms with van der Waals surface area (Å²) in [5.74, 6) is 0.888. The topological polar surface area (TPSA) is 21.3 Å². The normalized spacial score (nSPS) is 13.7. The van der Waals surface area contributed by atoms with Gasteiger partial charge in [0, 0.05) is 17.1 Å². The van der Waals surface area contributed by atoms with Crippen LogP contribution >= 0.6 is 11.6 Å². The first-order chi connectivity index (χ1) is 10.1. The van der Waals surface area contributed by atoms with Gasteiger partial charge in [0.05, 0.1) is 7.11 Å². The lowest BCUT2D eigenvalue weighted by molar-refractivity contribution is 0.413. The first-order valence-electron chi connectivity index (χ1n) is 7.29. The minimum Gasteiger partial charge on any atom is -0.497 e. The van der Waals surface area contributed by atoms with Crippen LogP contribution in [0, 0.1) is 0 Å². The summed E-state index contributed by atoms with van der Waals surface area (Å²) in [7, 11) is 1.69. The number of nitrogens with one attached hydrogen (secondary N) is 1. The zero-order valence-electron chi connectivity index (χ0n) is 12.8. The second kappa shape index (κ2) is 7.48. The Labute approximate surface area is 132 Å². The molecule has 0 heterocycles. The van der Waals surface area contributed by atoms with E-state index in [0.29, 0.717) is 6.04 Å². The SMILES string of the molecule is CCC(N[C@@H](C)c1ccc(Cl)cc1)c1ccc(OC)cc1. The van der Waals surface area contributed by atoms with E-state index in [1.165, 1.54) is 11.1 Å². The number of halogens is 1. The summed E-state index contributed by atoms with van der Waals surface area (Å²) in [6.45, 7) is 4.37. The van der Waals surface area contributed by atoms with Crippen molar-refractivity contribution in [2.24, 2.45) is 0 Å². The van der Waals surface area contributed by atoms with E-state index >= 15 is 0 Å². The molecule has 2 aromatic carbocycles. The second-order valence-electron chi connectivity index (χ2n) is 5.17. The first kappa shape index (κ1) is 15.9. The molecule has 2 nitrogen and oxygen atoms in total. The van der Waals surface area contributed by atoms with Crippen molar-refractivity contribution >= 4 is 11.6 Å². The molecule has 0 fully saturated rings. The van der Waals surface area contributed by atoms with Crippen LogP contribution in [0.2, 0.25) is 5.02 Å². The van der Waals surface area contributed by atoms with Crippen molar-refractivity contribution in [3.05, 3.63) is 64.7 Å². The van der Waals surface area contributed by atoms with Crippen molar-refractivity contribution in [1.29, 1.82) is 0 Å². The third-order valence-corrected chi connectivity index (χ3v) is 4.00. The van der Waals surface area contributed by atoms with Crippen molar-refractivity contribution in [3.8, 4) is 5.75 Å². The van der Waals surface area contributed by atoms with Crippen LogP contribution in [0.4, 0.5) is 0 Å². The molecule has 0 saturated heterocycles. The Bertz CT molecular complexity index is 550. The van der Waals surface area contributed by atoms with Crippen LogP contribution in [0.25, 0.3) is 0 Å². The maximum Gasteiger partial charge on any atom is 0.118 e. The molecule has 0 spiro atoms. The fraction of sp³-hybridized carbons (Fsp3) is 0.333. The van der Waals surface area contributed by atoms with Gasteiger partial charge in [0.15, 0.2) is 0 Å². The molecular weight excluding hydrogens is 282 g/mol. The molecule has 0 aliphatic rings. The number of benzene rings is 2. The first-order valence-corrected chi connectivity index (χ1v) is 7.67. The second-order valence-corrected chi connectivity index (χ2v) is 5.61. The van der Waals surface area contributed by atoms with Crippen molar-refractivity contribution < 1.29 is 4.74 Å². The molecule has 1 N–H and O–H groups in total. The third-order valence-electron chi connectivity index (χ3n) is 3.75. The molecule has 0 bridgehead atoms. The van der Waals surface area contributed by atoms with Gasteiger partial charge in [-0.05, 0) is 48.7 Å². The van der Waals surface area contributed by atoms with Gasteiger partial charge in [-0.15, -0.1) is 0 Å². The summed E-state index contributed by atoms with van der Waals surface area (Å²) in [6.07, 6.45) is 1.03. The highest BCUT2D eigenvalue weighted by Crippen LogP contribution is 2.24. The summed E-state index contributed by atoms with van der Waals surface area (Å²) in [5.41, 5.74) is 2.52. The van der Waals surface area contributed by atoms with E-state index in [1.54, 1.807) is 7.11 Å². The summed E-state index contributed by atoms with van der Waals surface area (Å²) in [6, 6.07) is 16.9. The Morgan fingerprint density at radius 1 is 1.00 bits per heavy atom. The molecule has 0 amide bonds. The molecule has 0 aliphatic carbocycles. The van der Waals surface area contributed by atoms with Gasteiger partial charge in [-0.1, -0.05) is 42.8 Å². The van der Waals surface area contributed by atoms with Crippen LogP contribution in [0.3, 0.4) is 0 Å². The Morgan fingerprint density at radius 3 is 2.10 bits per heavy atom. The molecule has 21 heavy (non-hydrogen) atoms. The Hall–Kier alpha value is -1.51. The number of hydrogen-bond donors (Lipinski definition) is 1. The average Bonchev–Trinajstić information content (AvgIpc) is 2.53. The van der Waals surface area contributed by atoms with Crippen LogP contribution in [-0.4, -0.2) is 7.11 Å². The molecule has 3 heteroatoms. The van der Waals surface area contributed by atoms with Gasteiger partial charge in [0.1, 0.15) is 5.75 Å². The lowest BCUT2D eigenvalue weighted by Gasteiger charge is -2.23. The Kier molecular flexibility index (Phi) is 5.66. The highest BCUT2D eigenvalue weighted by atomic mass is 35.5. The molecule has 2 aromatic rings. The van der Waals surface area contributed by atoms with Crippen molar-refractivity contribution in [2.45, 2.75) is 32.4 Å². The van der Waals surface area contributed by atoms with Crippen LogP contribution in [0.5, 0.6) is 5.75 Å². The largest absolute Gasteiger partial charge is 0.497 e. The summed E-state index contributed by atoms with van der Waals surface area (Å²) >= 11 is 5.94. The molecule has 112 valence electrons. The highest BCUT2D eigenvalue weighted by molar-refractivity contribution is 6.30. The highest BCUT2D eigenvalue weighted by Gasteiger charge is 2.13. The van der Waals surface area contributed by atoms with Gasteiger partial charge < -0.3 is 10.1 Å². The monoisotopic (exact) mass is 303 g/mol. The number of rotatable bonds is 6. The van der Waals surface area contributed by atoms with E-state index in [1.807, 2.05) is 24.3 Å². The molecule has 2 rings (SSSR count). The average molecular weight is 304 g/mol.